The van der Waals surface area contributed by atoms with E-state index in [2.05, 4.69) is 29.9 Å². The van der Waals surface area contributed by atoms with Crippen molar-refractivity contribution >= 4 is 17.3 Å². The van der Waals surface area contributed by atoms with Crippen LogP contribution < -0.4 is 9.80 Å². The smallest absolute Gasteiger partial charge is 0.367 e. The molecule has 0 spiro atoms. The van der Waals surface area contributed by atoms with Crippen molar-refractivity contribution in [1.29, 1.82) is 0 Å². The van der Waals surface area contributed by atoms with Crippen molar-refractivity contribution in [2.75, 3.05) is 36.0 Å². The maximum Gasteiger partial charge on any atom is 0.416 e. The van der Waals surface area contributed by atoms with Crippen LogP contribution in [0.3, 0.4) is 0 Å². The lowest BCUT2D eigenvalue weighted by atomic mass is 9.91. The minimum Gasteiger partial charge on any atom is -0.367 e. The zero-order valence-corrected chi connectivity index (χ0v) is 22.9. The Morgan fingerprint density at radius 2 is 1.77 bits per heavy atom. The fourth-order valence-electron chi connectivity index (χ4n) is 5.97. The largest absolute Gasteiger partial charge is 0.416 e. The molecule has 40 heavy (non-hydrogen) atoms. The van der Waals surface area contributed by atoms with Crippen LogP contribution in [0.15, 0.2) is 24.5 Å². The lowest BCUT2D eigenvalue weighted by Crippen LogP contribution is -2.55. The van der Waals surface area contributed by atoms with E-state index in [-0.39, 0.29) is 24.9 Å². The van der Waals surface area contributed by atoms with Crippen LogP contribution in [0.2, 0.25) is 0 Å². The Morgan fingerprint density at radius 1 is 1.02 bits per heavy atom. The number of aromatic nitrogens is 5. The molecule has 9 nitrogen and oxygen atoms in total. The first kappa shape index (κ1) is 26.5. The summed E-state index contributed by atoms with van der Waals surface area (Å²) in [6.07, 6.45) is 1.67. The molecule has 3 aliphatic rings. The molecule has 2 aromatic heterocycles. The van der Waals surface area contributed by atoms with Gasteiger partial charge in [-0.2, -0.15) is 18.3 Å². The molecular weight excluding hydrogens is 521 g/mol. The second kappa shape index (κ2) is 10.0. The van der Waals surface area contributed by atoms with Crippen molar-refractivity contribution in [1.82, 2.24) is 29.6 Å². The average molecular weight is 555 g/mol. The van der Waals surface area contributed by atoms with E-state index >= 15 is 0 Å². The van der Waals surface area contributed by atoms with E-state index in [4.69, 9.17) is 0 Å². The molecule has 2 fully saturated rings. The lowest BCUT2D eigenvalue weighted by Gasteiger charge is -2.43. The molecular formula is C28H33F3N8O. The maximum atomic E-state index is 14.0. The molecule has 1 aromatic carbocycles. The number of halogens is 3. The molecule has 0 radical (unpaired) electrons. The zero-order chi connectivity index (χ0) is 28.2. The summed E-state index contributed by atoms with van der Waals surface area (Å²) in [5, 5.41) is 4.30. The second-order valence-electron chi connectivity index (χ2n) is 11.1. The number of rotatable bonds is 5. The summed E-state index contributed by atoms with van der Waals surface area (Å²) < 4.78 is 43.6. The number of carbonyl (C=O) groups excluding carboxylic acids is 1. The minimum absolute atomic E-state index is 0.0459. The number of benzene rings is 1. The van der Waals surface area contributed by atoms with Crippen LogP contribution in [0, 0.1) is 13.8 Å². The Labute approximate surface area is 231 Å². The van der Waals surface area contributed by atoms with Crippen molar-refractivity contribution in [2.45, 2.75) is 71.3 Å². The first-order valence-corrected chi connectivity index (χ1v) is 13.8. The second-order valence-corrected chi connectivity index (χ2v) is 11.1. The summed E-state index contributed by atoms with van der Waals surface area (Å²) >= 11 is 0. The third kappa shape index (κ3) is 5.11. The highest BCUT2D eigenvalue weighted by molar-refractivity contribution is 5.77. The number of anilines is 2. The van der Waals surface area contributed by atoms with Crippen LogP contribution in [0.5, 0.6) is 0 Å². The van der Waals surface area contributed by atoms with Crippen molar-refractivity contribution in [3.8, 4) is 0 Å². The number of hydrogen-bond acceptors (Lipinski definition) is 7. The van der Waals surface area contributed by atoms with Gasteiger partial charge < -0.3 is 14.7 Å². The molecule has 3 aromatic rings. The Hall–Kier alpha value is -3.70. The normalized spacial score (nSPS) is 19.6. The third-order valence-electron chi connectivity index (χ3n) is 8.19. The van der Waals surface area contributed by atoms with Gasteiger partial charge in [0.05, 0.1) is 23.6 Å². The Balaban J connectivity index is 1.23. The highest BCUT2D eigenvalue weighted by Crippen LogP contribution is 2.41. The highest BCUT2D eigenvalue weighted by atomic mass is 19.4. The van der Waals surface area contributed by atoms with Gasteiger partial charge in [0.1, 0.15) is 24.0 Å². The van der Waals surface area contributed by atoms with Crippen LogP contribution in [0.4, 0.5) is 24.5 Å². The Morgan fingerprint density at radius 3 is 2.40 bits per heavy atom. The van der Waals surface area contributed by atoms with Gasteiger partial charge in [-0.1, -0.05) is 0 Å². The number of carbonyl (C=O) groups is 1. The number of hydrogen-bond donors (Lipinski definition) is 0. The number of nitrogens with zero attached hydrogens (tertiary/aromatic N) is 8. The molecule has 1 saturated carbocycles. The molecule has 0 N–H and O–H groups in total. The Kier molecular flexibility index (Phi) is 6.66. The first-order valence-electron chi connectivity index (χ1n) is 13.8. The van der Waals surface area contributed by atoms with Gasteiger partial charge in [-0.25, -0.2) is 19.6 Å². The van der Waals surface area contributed by atoms with Gasteiger partial charge >= 0.3 is 6.18 Å². The predicted octanol–water partition coefficient (Wildman–Crippen LogP) is 3.88. The van der Waals surface area contributed by atoms with Crippen LogP contribution in [0.1, 0.15) is 59.8 Å². The van der Waals surface area contributed by atoms with E-state index in [1.165, 1.54) is 6.07 Å². The van der Waals surface area contributed by atoms with Crippen molar-refractivity contribution < 1.29 is 18.0 Å². The fraction of sp³-hybridized carbons (Fsp3) is 0.536. The van der Waals surface area contributed by atoms with Crippen LogP contribution in [-0.4, -0.2) is 67.8 Å². The SMILES string of the molecule is Cc1nc(C)n(CC(=O)N2CCN(c3ccc(C(F)(F)F)c4c3CN(c3cnc(C5CC5)nc3)CC4)CC2C)n1. The predicted molar refractivity (Wildman–Crippen MR) is 143 cm³/mol. The van der Waals surface area contributed by atoms with E-state index in [1.807, 2.05) is 18.7 Å². The van der Waals surface area contributed by atoms with E-state index in [0.29, 0.717) is 61.4 Å². The zero-order valence-electron chi connectivity index (χ0n) is 22.9. The van der Waals surface area contributed by atoms with Crippen LogP contribution >= 0.6 is 0 Å². The summed E-state index contributed by atoms with van der Waals surface area (Å²) in [5.41, 5.74) is 2.10. The van der Waals surface area contributed by atoms with Gasteiger partial charge in [-0.3, -0.25) is 4.79 Å². The summed E-state index contributed by atoms with van der Waals surface area (Å²) in [5.74, 6) is 2.54. The summed E-state index contributed by atoms with van der Waals surface area (Å²) in [7, 11) is 0. The molecule has 212 valence electrons. The highest BCUT2D eigenvalue weighted by Gasteiger charge is 2.38. The summed E-state index contributed by atoms with van der Waals surface area (Å²) in [6.45, 7) is 8.04. The molecule has 1 saturated heterocycles. The quantitative estimate of drug-likeness (QED) is 0.473. The standard InChI is InChI=1S/C28H33F3N8O/c1-17-14-37(10-11-38(17)26(40)16-39-19(3)34-18(2)35-39)25-7-6-24(28(29,30)31)22-8-9-36(15-23(22)25)21-12-32-27(33-13-21)20-4-5-20/h6-7,12-13,17,20H,4-5,8-11,14-16H2,1-3H3. The summed E-state index contributed by atoms with van der Waals surface area (Å²) in [6, 6.07) is 2.70. The van der Waals surface area contributed by atoms with Crippen molar-refractivity contribution in [2.24, 2.45) is 0 Å². The average Bonchev–Trinajstić information content (AvgIpc) is 3.72. The fourth-order valence-corrected chi connectivity index (χ4v) is 5.97. The summed E-state index contributed by atoms with van der Waals surface area (Å²) in [4.78, 5) is 32.4. The molecule has 2 aliphatic heterocycles. The van der Waals surface area contributed by atoms with Gasteiger partial charge in [0.15, 0.2) is 0 Å². The van der Waals surface area contributed by atoms with Crippen molar-refractivity contribution in [3.05, 3.63) is 58.7 Å². The van der Waals surface area contributed by atoms with Gasteiger partial charge in [0.2, 0.25) is 5.91 Å². The van der Waals surface area contributed by atoms with Gasteiger partial charge in [-0.05, 0) is 63.3 Å². The molecule has 0 bridgehead atoms. The molecule has 4 heterocycles. The van der Waals surface area contributed by atoms with Crippen molar-refractivity contribution in [3.63, 3.8) is 0 Å². The molecule has 12 heteroatoms. The third-order valence-corrected chi connectivity index (χ3v) is 8.19. The van der Waals surface area contributed by atoms with E-state index in [0.717, 1.165) is 30.0 Å². The first-order chi connectivity index (χ1) is 19.1. The lowest BCUT2D eigenvalue weighted by molar-refractivity contribution is -0.138. The molecule has 1 atom stereocenters. The van der Waals surface area contributed by atoms with Crippen LogP contribution in [0.25, 0.3) is 0 Å². The molecule has 6 rings (SSSR count). The van der Waals surface area contributed by atoms with Crippen LogP contribution in [-0.2, 0) is 30.5 Å². The van der Waals surface area contributed by atoms with Gasteiger partial charge in [-0.15, -0.1) is 0 Å². The van der Waals surface area contributed by atoms with Gasteiger partial charge in [0.25, 0.3) is 0 Å². The van der Waals surface area contributed by atoms with E-state index in [1.54, 1.807) is 30.1 Å². The minimum atomic E-state index is -4.42. The topological polar surface area (TPSA) is 83.3 Å². The molecule has 1 aliphatic carbocycles. The molecule has 1 unspecified atom stereocenters. The number of fused-ring (bicyclic) bond motifs is 1. The number of alkyl halides is 3. The Bertz CT molecular complexity index is 1420. The maximum absolute atomic E-state index is 14.0. The number of aryl methyl sites for hydroxylation is 2. The molecule has 1 amide bonds. The van der Waals surface area contributed by atoms with Gasteiger partial charge in [0, 0.05) is 50.4 Å². The number of amides is 1. The monoisotopic (exact) mass is 554 g/mol. The van der Waals surface area contributed by atoms with E-state index < -0.39 is 11.7 Å². The van der Waals surface area contributed by atoms with E-state index in [9.17, 15) is 18.0 Å². The number of piperazine rings is 1.